The van der Waals surface area contributed by atoms with Gasteiger partial charge in [-0.3, -0.25) is 38.1 Å². The van der Waals surface area contributed by atoms with E-state index in [0.29, 0.717) is 32.2 Å². The molecule has 544 valence electrons. The summed E-state index contributed by atoms with van der Waals surface area (Å²) in [5.41, 5.74) is 56.6. The normalized spacial score (nSPS) is 14.8. The Morgan fingerprint density at radius 1 is 0.604 bits per heavy atom. The van der Waals surface area contributed by atoms with Crippen molar-refractivity contribution in [2.75, 3.05) is 44.0 Å². The minimum atomic E-state index is -3.80. The number of aliphatic carboxylic acids is 6. The number of ether oxygens (including phenoxy) is 2. The van der Waals surface area contributed by atoms with Crippen LogP contribution in [0.2, 0.25) is 0 Å². The van der Waals surface area contributed by atoms with Crippen LogP contribution in [0.4, 0.5) is 0 Å². The van der Waals surface area contributed by atoms with Crippen LogP contribution in [0.5, 0.6) is 5.75 Å². The average molecular weight is 1410 g/mol. The highest BCUT2D eigenvalue weighted by molar-refractivity contribution is 7.98. The molecule has 3 aromatic carbocycles. The van der Waals surface area contributed by atoms with Crippen molar-refractivity contribution in [1.29, 1.82) is 0 Å². The van der Waals surface area contributed by atoms with Crippen LogP contribution in [0.3, 0.4) is 0 Å². The third-order valence-electron chi connectivity index (χ3n) is 12.5. The lowest BCUT2D eigenvalue weighted by atomic mass is 10.0. The number of aliphatic hydroxyl groups is 1. The molecule has 10 atom stereocenters. The van der Waals surface area contributed by atoms with Gasteiger partial charge in [0.25, 0.3) is 10.1 Å². The number of benzene rings is 3. The van der Waals surface area contributed by atoms with Crippen LogP contribution in [0.1, 0.15) is 82.4 Å². The molecule has 0 unspecified atom stereocenters. The monoisotopic (exact) mass is 1400 g/mol. The molecule has 1 fully saturated rings. The predicted molar refractivity (Wildman–Crippen MR) is 359 cm³/mol. The van der Waals surface area contributed by atoms with Gasteiger partial charge in [0.15, 0.2) is 0 Å². The summed E-state index contributed by atoms with van der Waals surface area (Å²) in [6.07, 6.45) is 8.61. The molecule has 1 aliphatic heterocycles. The van der Waals surface area contributed by atoms with Gasteiger partial charge in [-0.05, 0) is 124 Å². The maximum atomic E-state index is 12.0. The Morgan fingerprint density at radius 2 is 1.10 bits per heavy atom. The number of aromatic amines is 1. The molecule has 5 rings (SSSR count). The van der Waals surface area contributed by atoms with Gasteiger partial charge in [-0.2, -0.15) is 20.2 Å². The number of para-hydroxylation sites is 1. The van der Waals surface area contributed by atoms with Crippen molar-refractivity contribution in [3.8, 4) is 5.75 Å². The zero-order valence-electron chi connectivity index (χ0n) is 54.2. The Hall–Kier alpha value is -7.79. The molecule has 1 aliphatic rings. The summed E-state index contributed by atoms with van der Waals surface area (Å²) in [6.45, 7) is 6.23. The number of rotatable bonds is 29. The maximum Gasteiger partial charge on any atom is 0.330 e. The van der Waals surface area contributed by atoms with E-state index in [2.05, 4.69) is 10.3 Å². The Morgan fingerprint density at radius 3 is 1.53 bits per heavy atom. The van der Waals surface area contributed by atoms with Crippen LogP contribution in [-0.2, 0) is 82.0 Å². The van der Waals surface area contributed by atoms with E-state index in [-0.39, 0.29) is 42.8 Å². The second kappa shape index (κ2) is 52.4. The third-order valence-corrected chi connectivity index (χ3v) is 13.9. The van der Waals surface area contributed by atoms with Gasteiger partial charge < -0.3 is 118 Å². The second-order valence-corrected chi connectivity index (χ2v) is 24.0. The Labute approximate surface area is 561 Å². The highest BCUT2D eigenvalue weighted by Gasteiger charge is 2.26. The van der Waals surface area contributed by atoms with Crippen molar-refractivity contribution >= 4 is 86.5 Å². The number of carboxylic acid groups (broad SMARTS) is 6. The van der Waals surface area contributed by atoms with Crippen molar-refractivity contribution in [2.24, 2.45) is 63.3 Å². The van der Waals surface area contributed by atoms with Gasteiger partial charge >= 0.3 is 53.7 Å². The predicted octanol–water partition coefficient (Wildman–Crippen LogP) is -1.55. The number of aromatic nitrogens is 1. The first-order chi connectivity index (χ1) is 44.8. The molecule has 0 bridgehead atoms. The largest absolute Gasteiger partial charge is 0.508 e. The summed E-state index contributed by atoms with van der Waals surface area (Å²) in [4.78, 5) is 99.4. The summed E-state index contributed by atoms with van der Waals surface area (Å²) < 4.78 is 36.8. The van der Waals surface area contributed by atoms with E-state index in [0.717, 1.165) is 65.6 Å². The van der Waals surface area contributed by atoms with Gasteiger partial charge in [-0.25, -0.2) is 9.59 Å². The first-order valence-corrected chi connectivity index (χ1v) is 32.7. The minimum Gasteiger partial charge on any atom is -0.508 e. The molecule has 0 amide bonds. The quantitative estimate of drug-likeness (QED) is 0.0127. The van der Waals surface area contributed by atoms with Crippen LogP contribution in [0.15, 0.2) is 85.1 Å². The molecule has 0 aliphatic carbocycles. The number of fused-ring (bicyclic) bond motifs is 1. The molecule has 2 heterocycles. The van der Waals surface area contributed by atoms with Crippen molar-refractivity contribution in [1.82, 2.24) is 10.3 Å². The van der Waals surface area contributed by atoms with Gasteiger partial charge in [0.2, 0.25) is 0 Å². The lowest BCUT2D eigenvalue weighted by molar-refractivity contribution is -0.162. The summed E-state index contributed by atoms with van der Waals surface area (Å²) in [5, 5.41) is 71.5. The molecule has 1 aromatic heterocycles. The number of unbranched alkanes of at least 4 members (excludes halogenated alkanes) is 1. The number of aliphatic hydroxyl groups excluding tert-OH is 1. The zero-order valence-corrected chi connectivity index (χ0v) is 55.8. The smallest absolute Gasteiger partial charge is 0.330 e. The number of thioether (sulfide) groups is 1. The number of esters is 3. The number of carbonyl (C=O) groups is 9. The fourth-order valence-electron chi connectivity index (χ4n) is 7.00. The second-order valence-electron chi connectivity index (χ2n) is 21.5. The molecule has 0 radical (unpaired) electrons. The highest BCUT2D eigenvalue weighted by Crippen LogP contribution is 2.19. The SMILES string of the molecule is CC(C)C[C@H](N)C(=O)OC(=O)[C@@H](N)Cc1c[nH]c2ccccc12.CSCC[C@H](N)C(=O)O.C[C@@H](O)[C@H](N)C(=O)O.NCCCC[C@H](N)C(=O)O.NCCS(=O)(=O)O.N[C@@H](COC(=O)[C@@H](N)Cc1ccc(O)cc1)C(=O)O.N[C@@H](Cc1ccccc1)C(=O)O.O=C(O)[C@@H]1CCCN1. The number of nitrogens with two attached hydrogens (primary N) is 10. The summed E-state index contributed by atoms with van der Waals surface area (Å²) in [5.74, 6) is -7.33. The molecule has 0 saturated carbocycles. The van der Waals surface area contributed by atoms with E-state index in [1.165, 1.54) is 19.1 Å². The van der Waals surface area contributed by atoms with Crippen LogP contribution in [-0.4, -0.2) is 217 Å². The number of phenols is 1. The molecule has 1 saturated heterocycles. The number of carbonyl (C=O) groups excluding carboxylic acids is 3. The van der Waals surface area contributed by atoms with Crippen LogP contribution >= 0.6 is 11.8 Å². The molecule has 96 heavy (non-hydrogen) atoms. The Balaban J connectivity index is -0.00000107. The number of nitrogens with one attached hydrogen (secondary N) is 2. The zero-order chi connectivity index (χ0) is 74.3. The standard InChI is InChI=1S/C17H23N3O3.C12H16N2O5.C9H11NO2.C6H14N2O2.C5H11NO2S.C5H9NO2.C4H9NO3.C2H7NO3S/c1-10(2)7-13(18)16(21)23-17(22)14(19)8-11-9-20-15-6-4-3-5-12(11)15;13-9(5-7-1-3-8(15)4-2-7)12(18)19-6-10(14)11(16)17;10-8(9(11)12)6-7-4-2-1-3-5-7;7-4-2-1-3-5(8)6(9)10;1-9-3-2-4(6)5(7)8;7-5(8)4-2-1-3-6-4;1-2(6)3(5)4(7)8;3-1-2-7(4,5)6/h3-6,9-10,13-14,20H,7-8,18-19H2,1-2H3;1-4,9-10,15H,5-6,13-14H2,(H,16,17);1-5,8H,6,10H2,(H,11,12);5H,1-4,7-8H2,(H,9,10);4H,2-3,6H2,1H3,(H,7,8);4,6H,1-3H2,(H,7,8);2-3,6H,5H2,1H3,(H,7,8);1-3H2,(H,4,5,6)/t13-,14-;9-,10-;8-;5-;2*4-;2-,3+;/m0000001./s1. The van der Waals surface area contributed by atoms with Crippen molar-refractivity contribution in [3.05, 3.63) is 102 Å². The number of aromatic hydroxyl groups is 1. The average Bonchev–Trinajstić information content (AvgIpc) is 1.68. The minimum absolute atomic E-state index is 0.0289. The third kappa shape index (κ3) is 47.2. The molecule has 34 nitrogen and oxygen atoms in total. The first kappa shape index (κ1) is 92.4. The van der Waals surface area contributed by atoms with E-state index < -0.39 is 125 Å². The molecule has 4 aromatic rings. The fourth-order valence-corrected chi connectivity index (χ4v) is 7.79. The van der Waals surface area contributed by atoms with E-state index in [1.54, 1.807) is 23.9 Å². The Bertz CT molecular complexity index is 2990. The fraction of sp³-hybridized carbons (Fsp3) is 0.517. The van der Waals surface area contributed by atoms with Gasteiger partial charge in [0.1, 0.15) is 66.7 Å². The molecular formula is C60H100N12O22S2. The van der Waals surface area contributed by atoms with Crippen LogP contribution in [0, 0.1) is 5.92 Å². The summed E-state index contributed by atoms with van der Waals surface area (Å²) in [6, 6.07) is 15.8. The van der Waals surface area contributed by atoms with Crippen molar-refractivity contribution in [3.63, 3.8) is 0 Å². The van der Waals surface area contributed by atoms with Crippen LogP contribution < -0.4 is 62.7 Å². The maximum absolute atomic E-state index is 12.0. The van der Waals surface area contributed by atoms with Crippen molar-refractivity contribution < 1.29 is 106 Å². The number of carboxylic acids is 6. The number of hydrogen-bond acceptors (Lipinski definition) is 27. The van der Waals surface area contributed by atoms with E-state index >= 15 is 0 Å². The lowest BCUT2D eigenvalue weighted by Crippen LogP contribution is -2.41. The highest BCUT2D eigenvalue weighted by atomic mass is 32.2. The van der Waals surface area contributed by atoms with Crippen LogP contribution in [0.25, 0.3) is 10.9 Å². The summed E-state index contributed by atoms with van der Waals surface area (Å²) in [7, 11) is -3.80. The molecule has 31 N–H and O–H groups in total. The molecule has 36 heteroatoms. The number of phenolic OH excluding ortho intramolecular Hbond substituents is 1. The number of hydrogen-bond donors (Lipinski definition) is 21. The topological polar surface area (TPSA) is 676 Å². The molecular weight excluding hydrogens is 1300 g/mol. The van der Waals surface area contributed by atoms with E-state index in [9.17, 15) is 51.6 Å². The van der Waals surface area contributed by atoms with Gasteiger partial charge in [0.05, 0.1) is 11.9 Å². The first-order valence-electron chi connectivity index (χ1n) is 29.7. The van der Waals surface area contributed by atoms with Crippen molar-refractivity contribution in [2.45, 2.75) is 145 Å². The van der Waals surface area contributed by atoms with E-state index in [1.807, 2.05) is 80.9 Å². The van der Waals surface area contributed by atoms with Gasteiger partial charge in [0, 0.05) is 30.1 Å². The molecule has 0 spiro atoms. The van der Waals surface area contributed by atoms with Gasteiger partial charge in [-0.15, -0.1) is 0 Å². The Kier molecular flexibility index (Phi) is 50.4. The summed E-state index contributed by atoms with van der Waals surface area (Å²) >= 11 is 1.60. The number of H-pyrrole nitrogens is 1. The van der Waals surface area contributed by atoms with E-state index in [4.69, 9.17) is 112 Å². The lowest BCUT2D eigenvalue weighted by Gasteiger charge is -2.14. The van der Waals surface area contributed by atoms with Gasteiger partial charge in [-0.1, -0.05) is 80.9 Å².